The van der Waals surface area contributed by atoms with Crippen molar-refractivity contribution < 1.29 is 8.42 Å². The van der Waals surface area contributed by atoms with E-state index >= 15 is 0 Å². The van der Waals surface area contributed by atoms with Crippen LogP contribution in [-0.2, 0) is 10.0 Å². The zero-order chi connectivity index (χ0) is 20.4. The van der Waals surface area contributed by atoms with E-state index in [9.17, 15) is 8.42 Å². The third-order valence-electron chi connectivity index (χ3n) is 5.55. The minimum atomic E-state index is -3.11. The molecule has 0 aliphatic carbocycles. The number of pyridine rings is 1. The van der Waals surface area contributed by atoms with Crippen molar-refractivity contribution in [1.29, 1.82) is 0 Å². The lowest BCUT2D eigenvalue weighted by Crippen LogP contribution is -2.41. The van der Waals surface area contributed by atoms with E-state index in [-0.39, 0.29) is 6.04 Å². The van der Waals surface area contributed by atoms with Gasteiger partial charge in [-0.3, -0.25) is 4.98 Å². The standard InChI is InChI=1S/C22H26N4O2S/c1-23-19-5-3-16(4-6-19)18-13-17-7-10-24-15-21(17)22(14-18)25-20-8-11-26(12-9-20)29(2,27)28/h3-7,10,13-15,20,23,25H,8-9,11-12H2,1-2H3. The van der Waals surface area contributed by atoms with E-state index in [1.54, 1.807) is 4.31 Å². The minimum absolute atomic E-state index is 0.235. The lowest BCUT2D eigenvalue weighted by atomic mass is 9.99. The first-order chi connectivity index (χ1) is 13.9. The predicted octanol–water partition coefficient (Wildman–Crippen LogP) is 3.78. The maximum atomic E-state index is 11.8. The summed E-state index contributed by atoms with van der Waals surface area (Å²) < 4.78 is 25.1. The van der Waals surface area contributed by atoms with Crippen molar-refractivity contribution in [3.8, 4) is 11.1 Å². The number of aromatic nitrogens is 1. The SMILES string of the molecule is CNc1ccc(-c2cc(NC3CCN(S(C)(=O)=O)CC3)c3cnccc3c2)cc1. The van der Waals surface area contributed by atoms with Crippen LogP contribution in [0.15, 0.2) is 54.9 Å². The number of sulfonamides is 1. The molecule has 0 saturated carbocycles. The average Bonchev–Trinajstić information content (AvgIpc) is 2.73. The predicted molar refractivity (Wildman–Crippen MR) is 120 cm³/mol. The molecule has 2 N–H and O–H groups in total. The monoisotopic (exact) mass is 410 g/mol. The topological polar surface area (TPSA) is 74.3 Å². The van der Waals surface area contributed by atoms with Crippen LogP contribution in [0.2, 0.25) is 0 Å². The Morgan fingerprint density at radius 1 is 1.03 bits per heavy atom. The van der Waals surface area contributed by atoms with E-state index in [1.165, 1.54) is 6.26 Å². The fraction of sp³-hybridized carbons (Fsp3) is 0.318. The summed E-state index contributed by atoms with van der Waals surface area (Å²) in [4.78, 5) is 4.30. The van der Waals surface area contributed by atoms with Gasteiger partial charge in [0.25, 0.3) is 0 Å². The van der Waals surface area contributed by atoms with Gasteiger partial charge in [0.15, 0.2) is 0 Å². The lowest BCUT2D eigenvalue weighted by Gasteiger charge is -2.31. The molecule has 3 aromatic rings. The molecule has 152 valence electrons. The van der Waals surface area contributed by atoms with Crippen molar-refractivity contribution in [2.75, 3.05) is 37.0 Å². The largest absolute Gasteiger partial charge is 0.388 e. The number of benzene rings is 2. The van der Waals surface area contributed by atoms with Crippen molar-refractivity contribution >= 4 is 32.2 Å². The van der Waals surface area contributed by atoms with Gasteiger partial charge in [-0.25, -0.2) is 12.7 Å². The van der Waals surface area contributed by atoms with Gasteiger partial charge in [0, 0.05) is 55.3 Å². The third kappa shape index (κ3) is 4.36. The zero-order valence-corrected chi connectivity index (χ0v) is 17.5. The van der Waals surface area contributed by atoms with Crippen LogP contribution in [0.4, 0.5) is 11.4 Å². The van der Waals surface area contributed by atoms with Gasteiger partial charge >= 0.3 is 0 Å². The summed E-state index contributed by atoms with van der Waals surface area (Å²) in [6, 6.07) is 15.0. The maximum absolute atomic E-state index is 11.8. The lowest BCUT2D eigenvalue weighted by molar-refractivity contribution is 0.332. The summed E-state index contributed by atoms with van der Waals surface area (Å²) in [5.41, 5.74) is 4.41. The summed E-state index contributed by atoms with van der Waals surface area (Å²) in [5.74, 6) is 0. The highest BCUT2D eigenvalue weighted by Crippen LogP contribution is 2.32. The molecule has 2 aromatic carbocycles. The highest BCUT2D eigenvalue weighted by molar-refractivity contribution is 7.88. The van der Waals surface area contributed by atoms with E-state index < -0.39 is 10.0 Å². The second-order valence-corrected chi connectivity index (χ2v) is 9.51. The van der Waals surface area contributed by atoms with Crippen LogP contribution in [0, 0.1) is 0 Å². The van der Waals surface area contributed by atoms with E-state index in [1.807, 2.05) is 25.5 Å². The molecule has 0 unspecified atom stereocenters. The molecule has 0 atom stereocenters. The maximum Gasteiger partial charge on any atom is 0.211 e. The number of anilines is 2. The Balaban J connectivity index is 1.63. The van der Waals surface area contributed by atoms with Crippen molar-refractivity contribution in [2.24, 2.45) is 0 Å². The van der Waals surface area contributed by atoms with Gasteiger partial charge in [-0.2, -0.15) is 0 Å². The van der Waals surface area contributed by atoms with E-state index in [0.29, 0.717) is 13.1 Å². The summed E-state index contributed by atoms with van der Waals surface area (Å²) in [6.07, 6.45) is 6.55. The second kappa shape index (κ2) is 8.00. The molecular formula is C22H26N4O2S. The van der Waals surface area contributed by atoms with Crippen LogP contribution in [0.1, 0.15) is 12.8 Å². The molecular weight excluding hydrogens is 384 g/mol. The average molecular weight is 411 g/mol. The first kappa shape index (κ1) is 19.7. The van der Waals surface area contributed by atoms with Gasteiger partial charge in [-0.15, -0.1) is 0 Å². The Morgan fingerprint density at radius 2 is 1.76 bits per heavy atom. The van der Waals surface area contributed by atoms with Crippen molar-refractivity contribution in [3.05, 3.63) is 54.9 Å². The van der Waals surface area contributed by atoms with Gasteiger partial charge in [-0.05, 0) is 59.7 Å². The number of hydrogen-bond donors (Lipinski definition) is 2. The van der Waals surface area contributed by atoms with Crippen LogP contribution < -0.4 is 10.6 Å². The first-order valence-electron chi connectivity index (χ1n) is 9.81. The molecule has 4 rings (SSSR count). The smallest absolute Gasteiger partial charge is 0.211 e. The van der Waals surface area contributed by atoms with Crippen LogP contribution in [0.5, 0.6) is 0 Å². The van der Waals surface area contributed by atoms with Crippen LogP contribution in [0.25, 0.3) is 21.9 Å². The van der Waals surface area contributed by atoms with Crippen molar-refractivity contribution in [2.45, 2.75) is 18.9 Å². The molecule has 1 aliphatic heterocycles. The highest BCUT2D eigenvalue weighted by atomic mass is 32.2. The van der Waals surface area contributed by atoms with Gasteiger partial charge in [0.2, 0.25) is 10.0 Å². The number of hydrogen-bond acceptors (Lipinski definition) is 5. The zero-order valence-electron chi connectivity index (χ0n) is 16.7. The fourth-order valence-corrected chi connectivity index (χ4v) is 4.74. The van der Waals surface area contributed by atoms with E-state index in [2.05, 4.69) is 52.0 Å². The summed E-state index contributed by atoms with van der Waals surface area (Å²) in [6.45, 7) is 1.11. The Labute approximate surface area is 172 Å². The summed E-state index contributed by atoms with van der Waals surface area (Å²) in [5, 5.41) is 9.01. The van der Waals surface area contributed by atoms with Crippen LogP contribution >= 0.6 is 0 Å². The van der Waals surface area contributed by atoms with E-state index in [4.69, 9.17) is 0 Å². The number of fused-ring (bicyclic) bond motifs is 1. The number of nitrogens with one attached hydrogen (secondary N) is 2. The van der Waals surface area contributed by atoms with Gasteiger partial charge in [0.05, 0.1) is 6.26 Å². The molecule has 0 amide bonds. The minimum Gasteiger partial charge on any atom is -0.388 e. The number of rotatable bonds is 5. The summed E-state index contributed by atoms with van der Waals surface area (Å²) in [7, 11) is -1.20. The molecule has 0 bridgehead atoms. The Morgan fingerprint density at radius 3 is 2.41 bits per heavy atom. The Kier molecular flexibility index (Phi) is 5.43. The van der Waals surface area contributed by atoms with Crippen molar-refractivity contribution in [3.63, 3.8) is 0 Å². The van der Waals surface area contributed by atoms with Gasteiger partial charge < -0.3 is 10.6 Å². The highest BCUT2D eigenvalue weighted by Gasteiger charge is 2.25. The molecule has 1 aromatic heterocycles. The first-order valence-corrected chi connectivity index (χ1v) is 11.7. The normalized spacial score (nSPS) is 16.1. The van der Waals surface area contributed by atoms with Crippen molar-refractivity contribution in [1.82, 2.24) is 9.29 Å². The molecule has 7 heteroatoms. The van der Waals surface area contributed by atoms with Gasteiger partial charge in [-0.1, -0.05) is 12.1 Å². The summed E-state index contributed by atoms with van der Waals surface area (Å²) >= 11 is 0. The number of piperidine rings is 1. The molecule has 1 aliphatic rings. The van der Waals surface area contributed by atoms with Gasteiger partial charge in [0.1, 0.15) is 0 Å². The Hall–Kier alpha value is -2.64. The third-order valence-corrected chi connectivity index (χ3v) is 6.85. The fourth-order valence-electron chi connectivity index (χ4n) is 3.87. The molecule has 0 spiro atoms. The second-order valence-electron chi connectivity index (χ2n) is 7.53. The molecule has 1 fully saturated rings. The quantitative estimate of drug-likeness (QED) is 0.670. The van der Waals surface area contributed by atoms with Crippen LogP contribution in [0.3, 0.4) is 0 Å². The van der Waals surface area contributed by atoms with Crippen LogP contribution in [-0.4, -0.2) is 50.1 Å². The number of nitrogens with zero attached hydrogens (tertiary/aromatic N) is 2. The molecule has 0 radical (unpaired) electrons. The molecule has 6 nitrogen and oxygen atoms in total. The molecule has 2 heterocycles. The molecule has 1 saturated heterocycles. The Bertz CT molecular complexity index is 1110. The molecule has 29 heavy (non-hydrogen) atoms. The van der Waals surface area contributed by atoms with E-state index in [0.717, 1.165) is 46.1 Å².